The van der Waals surface area contributed by atoms with Crippen LogP contribution in [0.2, 0.25) is 0 Å². The second kappa shape index (κ2) is 6.58. The first-order chi connectivity index (χ1) is 9.86. The lowest BCUT2D eigenvalue weighted by Gasteiger charge is -2.23. The van der Waals surface area contributed by atoms with E-state index in [1.54, 1.807) is 0 Å². The number of carbonyl (C=O) groups is 1. The summed E-state index contributed by atoms with van der Waals surface area (Å²) >= 11 is 0. The maximum atomic E-state index is 12.3. The average Bonchev–Trinajstić information content (AvgIpc) is 2.96. The number of hydrogen-bond acceptors (Lipinski definition) is 5. The van der Waals surface area contributed by atoms with Crippen LogP contribution >= 0.6 is 0 Å². The van der Waals surface area contributed by atoms with Crippen LogP contribution in [0.4, 0.5) is 0 Å². The van der Waals surface area contributed by atoms with Gasteiger partial charge in [0.25, 0.3) is 0 Å². The fourth-order valence-corrected chi connectivity index (χ4v) is 2.64. The van der Waals surface area contributed by atoms with Crippen LogP contribution in [0.15, 0.2) is 10.6 Å². The van der Waals surface area contributed by atoms with Crippen molar-refractivity contribution in [1.82, 2.24) is 15.4 Å². The minimum Gasteiger partial charge on any atom is -0.360 e. The zero-order chi connectivity index (χ0) is 15.6. The van der Waals surface area contributed by atoms with E-state index >= 15 is 0 Å². The molecule has 2 heterocycles. The van der Waals surface area contributed by atoms with Gasteiger partial charge in [0.1, 0.15) is 0 Å². The third kappa shape index (κ3) is 4.04. The molecule has 1 saturated heterocycles. The average molecular weight is 294 g/mol. The lowest BCUT2D eigenvalue weighted by atomic mass is 10.1. The molecule has 0 bridgehead atoms. The molecule has 6 nitrogen and oxygen atoms in total. The van der Waals surface area contributed by atoms with Gasteiger partial charge in [0.15, 0.2) is 5.76 Å². The quantitative estimate of drug-likeness (QED) is 0.853. The lowest BCUT2D eigenvalue weighted by molar-refractivity contribution is -0.126. The zero-order valence-corrected chi connectivity index (χ0v) is 13.3. The van der Waals surface area contributed by atoms with Crippen LogP contribution in [-0.4, -0.2) is 40.6 Å². The number of likely N-dealkylation sites (tertiary alicyclic amines) is 1. The first-order valence-electron chi connectivity index (χ1n) is 7.62. The monoisotopic (exact) mass is 294 g/mol. The van der Waals surface area contributed by atoms with Crippen LogP contribution in [0.25, 0.3) is 0 Å². The van der Waals surface area contributed by atoms with Crippen LogP contribution in [0.1, 0.15) is 51.5 Å². The second-order valence-electron chi connectivity index (χ2n) is 6.48. The molecule has 21 heavy (non-hydrogen) atoms. The van der Waals surface area contributed by atoms with Gasteiger partial charge in [-0.1, -0.05) is 19.0 Å². The van der Waals surface area contributed by atoms with Crippen LogP contribution in [0.3, 0.4) is 0 Å². The molecule has 1 fully saturated rings. The summed E-state index contributed by atoms with van der Waals surface area (Å²) in [6.07, 6.45) is 0.684. The molecular weight excluding hydrogens is 268 g/mol. The second-order valence-corrected chi connectivity index (χ2v) is 6.48. The number of carbonyl (C=O) groups excluding carboxylic acids is 1. The Balaban J connectivity index is 2.03. The molecular formula is C15H26N4O2. The highest BCUT2D eigenvalue weighted by atomic mass is 16.5. The number of amides is 1. The molecule has 0 spiro atoms. The highest BCUT2D eigenvalue weighted by molar-refractivity contribution is 5.82. The van der Waals surface area contributed by atoms with E-state index in [0.29, 0.717) is 25.4 Å². The Hall–Kier alpha value is -1.40. The number of nitrogens with one attached hydrogen (secondary N) is 1. The lowest BCUT2D eigenvalue weighted by Crippen LogP contribution is -2.45. The SMILES string of the molecule is CC(C)NC(=O)[C@@H]1C[C@H](N)CN1Cc1cc(C(C)C)no1. The highest BCUT2D eigenvalue weighted by Crippen LogP contribution is 2.22. The number of hydrogen-bond donors (Lipinski definition) is 2. The van der Waals surface area contributed by atoms with Crippen LogP contribution < -0.4 is 11.1 Å². The third-order valence-electron chi connectivity index (χ3n) is 3.70. The van der Waals surface area contributed by atoms with Crippen molar-refractivity contribution in [2.45, 2.75) is 64.7 Å². The van der Waals surface area contributed by atoms with Crippen molar-refractivity contribution in [3.8, 4) is 0 Å². The maximum Gasteiger partial charge on any atom is 0.237 e. The van der Waals surface area contributed by atoms with Crippen molar-refractivity contribution >= 4 is 5.91 Å². The van der Waals surface area contributed by atoms with E-state index in [2.05, 4.69) is 29.2 Å². The number of nitrogens with zero attached hydrogens (tertiary/aromatic N) is 2. The molecule has 1 amide bonds. The molecule has 1 aliphatic rings. The van der Waals surface area contributed by atoms with Gasteiger partial charge in [-0.3, -0.25) is 9.69 Å². The highest BCUT2D eigenvalue weighted by Gasteiger charge is 2.35. The molecule has 2 rings (SSSR count). The Kier molecular flexibility index (Phi) is 5.00. The van der Waals surface area contributed by atoms with Gasteiger partial charge in [-0.25, -0.2) is 0 Å². The number of aromatic nitrogens is 1. The van der Waals surface area contributed by atoms with E-state index in [9.17, 15) is 4.79 Å². The van der Waals surface area contributed by atoms with Gasteiger partial charge < -0.3 is 15.6 Å². The fraction of sp³-hybridized carbons (Fsp3) is 0.733. The Morgan fingerprint density at radius 1 is 1.52 bits per heavy atom. The van der Waals surface area contributed by atoms with Gasteiger partial charge in [0.2, 0.25) is 5.91 Å². The molecule has 2 atom stereocenters. The van der Waals surface area contributed by atoms with E-state index in [0.717, 1.165) is 11.5 Å². The molecule has 3 N–H and O–H groups in total. The van der Waals surface area contributed by atoms with Crippen molar-refractivity contribution in [3.05, 3.63) is 17.5 Å². The molecule has 0 radical (unpaired) electrons. The largest absolute Gasteiger partial charge is 0.360 e. The summed E-state index contributed by atoms with van der Waals surface area (Å²) in [7, 11) is 0. The van der Waals surface area contributed by atoms with E-state index < -0.39 is 0 Å². The van der Waals surface area contributed by atoms with Crippen molar-refractivity contribution < 1.29 is 9.32 Å². The molecule has 1 aromatic rings. The molecule has 0 aromatic carbocycles. The van der Waals surface area contributed by atoms with Gasteiger partial charge >= 0.3 is 0 Å². The first-order valence-corrected chi connectivity index (χ1v) is 7.62. The summed E-state index contributed by atoms with van der Waals surface area (Å²) < 4.78 is 5.37. The molecule has 0 aliphatic carbocycles. The van der Waals surface area contributed by atoms with Gasteiger partial charge in [0, 0.05) is 24.7 Å². The summed E-state index contributed by atoms with van der Waals surface area (Å²) in [5.74, 6) is 1.17. The Morgan fingerprint density at radius 3 is 2.81 bits per heavy atom. The standard InChI is InChI=1S/C15H26N4O2/c1-9(2)13-6-12(21-18-13)8-19-7-11(16)5-14(19)15(20)17-10(3)4/h6,9-11,14H,5,7-8,16H2,1-4H3,(H,17,20)/t11-,14-/m0/s1. The molecule has 0 unspecified atom stereocenters. The first kappa shape index (κ1) is 16.0. The van der Waals surface area contributed by atoms with E-state index in [1.165, 1.54) is 0 Å². The Morgan fingerprint density at radius 2 is 2.24 bits per heavy atom. The molecule has 118 valence electrons. The third-order valence-corrected chi connectivity index (χ3v) is 3.70. The summed E-state index contributed by atoms with van der Waals surface area (Å²) in [6.45, 7) is 9.35. The van der Waals surface area contributed by atoms with Gasteiger partial charge in [-0.05, 0) is 26.2 Å². The van der Waals surface area contributed by atoms with E-state index in [1.807, 2.05) is 19.9 Å². The predicted octanol–water partition coefficient (Wildman–Crippen LogP) is 1.22. The van der Waals surface area contributed by atoms with Crippen LogP contribution in [0, 0.1) is 0 Å². The van der Waals surface area contributed by atoms with Crippen molar-refractivity contribution in [1.29, 1.82) is 0 Å². The van der Waals surface area contributed by atoms with E-state index in [-0.39, 0.29) is 24.0 Å². The Bertz CT molecular complexity index is 484. The summed E-state index contributed by atoms with van der Waals surface area (Å²) in [5.41, 5.74) is 6.96. The van der Waals surface area contributed by atoms with Crippen LogP contribution in [-0.2, 0) is 11.3 Å². The minimum absolute atomic E-state index is 0.0282. The van der Waals surface area contributed by atoms with Gasteiger partial charge in [-0.2, -0.15) is 0 Å². The number of nitrogens with two attached hydrogens (primary N) is 1. The van der Waals surface area contributed by atoms with Crippen molar-refractivity contribution in [3.63, 3.8) is 0 Å². The summed E-state index contributed by atoms with van der Waals surface area (Å²) in [5, 5.41) is 7.02. The molecule has 1 aliphatic heterocycles. The van der Waals surface area contributed by atoms with Crippen molar-refractivity contribution in [2.24, 2.45) is 5.73 Å². The normalized spacial score (nSPS) is 23.2. The summed E-state index contributed by atoms with van der Waals surface area (Å²) in [6, 6.07) is 1.94. The number of rotatable bonds is 5. The fourth-order valence-electron chi connectivity index (χ4n) is 2.64. The minimum atomic E-state index is -0.185. The van der Waals surface area contributed by atoms with Crippen LogP contribution in [0.5, 0.6) is 0 Å². The van der Waals surface area contributed by atoms with Gasteiger partial charge in [-0.15, -0.1) is 0 Å². The van der Waals surface area contributed by atoms with E-state index in [4.69, 9.17) is 10.3 Å². The summed E-state index contributed by atoms with van der Waals surface area (Å²) in [4.78, 5) is 14.3. The predicted molar refractivity (Wildman–Crippen MR) is 80.7 cm³/mol. The zero-order valence-electron chi connectivity index (χ0n) is 13.3. The topological polar surface area (TPSA) is 84.4 Å². The Labute approximate surface area is 126 Å². The van der Waals surface area contributed by atoms with Crippen molar-refractivity contribution in [2.75, 3.05) is 6.54 Å². The van der Waals surface area contributed by atoms with Gasteiger partial charge in [0.05, 0.1) is 18.3 Å². The maximum absolute atomic E-state index is 12.3. The smallest absolute Gasteiger partial charge is 0.237 e. The molecule has 1 aromatic heterocycles. The molecule has 6 heteroatoms. The molecule has 0 saturated carbocycles.